The Labute approximate surface area is 174 Å². The lowest BCUT2D eigenvalue weighted by molar-refractivity contribution is 0.0732. The molecule has 0 bridgehead atoms. The maximum absolute atomic E-state index is 13.2. The number of nitrogens with zero attached hydrogens (tertiary/aromatic N) is 6. The Morgan fingerprint density at radius 1 is 1.10 bits per heavy atom. The molecule has 0 saturated carbocycles. The van der Waals surface area contributed by atoms with Crippen molar-refractivity contribution in [2.24, 2.45) is 0 Å². The van der Waals surface area contributed by atoms with Crippen LogP contribution in [0.15, 0.2) is 27.3 Å². The fourth-order valence-electron chi connectivity index (χ4n) is 4.23. The van der Waals surface area contributed by atoms with Gasteiger partial charge in [-0.25, -0.2) is 4.98 Å². The molecule has 3 aromatic heterocycles. The molecule has 2 fully saturated rings. The van der Waals surface area contributed by atoms with Gasteiger partial charge in [-0.1, -0.05) is 11.6 Å². The van der Waals surface area contributed by atoms with Gasteiger partial charge in [-0.15, -0.1) is 0 Å². The maximum Gasteiger partial charge on any atom is 0.300 e. The molecule has 9 heteroatoms. The van der Waals surface area contributed by atoms with Crippen LogP contribution in [0.25, 0.3) is 11.2 Å². The predicted octanol–water partition coefficient (Wildman–Crippen LogP) is 2.47. The summed E-state index contributed by atoms with van der Waals surface area (Å²) in [5, 5.41) is 4.12. The number of pyridine rings is 1. The Hall–Kier alpha value is -2.94. The standard InChI is InChI=1S/C21H26N6O3/c1-15-16(14-25-8-3-2-4-9-25)18(24-30-15)20(28)26-10-12-27(13-11-26)21-23-19-17(29-21)6-5-7-22-19/h5-7H,2-4,8-14H2,1H3. The number of likely N-dealkylation sites (tertiary alicyclic amines) is 1. The van der Waals surface area contributed by atoms with E-state index >= 15 is 0 Å². The molecule has 2 aliphatic heterocycles. The highest BCUT2D eigenvalue weighted by molar-refractivity contribution is 5.94. The number of aromatic nitrogens is 3. The van der Waals surface area contributed by atoms with Gasteiger partial charge in [0.05, 0.1) is 0 Å². The molecule has 5 heterocycles. The molecule has 0 radical (unpaired) electrons. The van der Waals surface area contributed by atoms with Crippen LogP contribution < -0.4 is 4.90 Å². The number of aryl methyl sites for hydroxylation is 1. The van der Waals surface area contributed by atoms with Crippen LogP contribution in [-0.2, 0) is 6.54 Å². The molecular weight excluding hydrogens is 384 g/mol. The SMILES string of the molecule is Cc1onc(C(=O)N2CCN(c3nc4ncccc4o3)CC2)c1CN1CCCCC1. The van der Waals surface area contributed by atoms with Crippen LogP contribution in [0.3, 0.4) is 0 Å². The van der Waals surface area contributed by atoms with Crippen molar-refractivity contribution in [2.45, 2.75) is 32.7 Å². The number of hydrogen-bond acceptors (Lipinski definition) is 8. The molecular formula is C21H26N6O3. The molecule has 0 unspecified atom stereocenters. The number of oxazole rings is 1. The highest BCUT2D eigenvalue weighted by atomic mass is 16.5. The molecule has 2 aliphatic rings. The van der Waals surface area contributed by atoms with E-state index in [1.54, 1.807) is 6.20 Å². The summed E-state index contributed by atoms with van der Waals surface area (Å²) < 4.78 is 11.2. The van der Waals surface area contributed by atoms with Crippen LogP contribution in [0.5, 0.6) is 0 Å². The van der Waals surface area contributed by atoms with Crippen molar-refractivity contribution >= 4 is 23.2 Å². The van der Waals surface area contributed by atoms with E-state index in [2.05, 4.69) is 20.0 Å². The van der Waals surface area contributed by atoms with E-state index in [4.69, 9.17) is 8.94 Å². The van der Waals surface area contributed by atoms with Gasteiger partial charge in [0.15, 0.2) is 11.3 Å². The van der Waals surface area contributed by atoms with Gasteiger partial charge in [0.1, 0.15) is 5.76 Å². The second-order valence-corrected chi connectivity index (χ2v) is 8.00. The minimum absolute atomic E-state index is 0.0576. The van der Waals surface area contributed by atoms with Crippen molar-refractivity contribution in [3.63, 3.8) is 0 Å². The Morgan fingerprint density at radius 2 is 1.90 bits per heavy atom. The van der Waals surface area contributed by atoms with Gasteiger partial charge in [0.2, 0.25) is 5.65 Å². The first-order valence-corrected chi connectivity index (χ1v) is 10.6. The number of fused-ring (bicyclic) bond motifs is 1. The zero-order chi connectivity index (χ0) is 20.5. The molecule has 1 amide bonds. The van der Waals surface area contributed by atoms with Crippen LogP contribution in [-0.4, -0.2) is 70.1 Å². The van der Waals surface area contributed by atoms with E-state index in [0.29, 0.717) is 49.1 Å². The number of carbonyl (C=O) groups is 1. The predicted molar refractivity (Wildman–Crippen MR) is 110 cm³/mol. The van der Waals surface area contributed by atoms with Gasteiger partial charge in [-0.3, -0.25) is 9.69 Å². The van der Waals surface area contributed by atoms with Gasteiger partial charge >= 0.3 is 0 Å². The van der Waals surface area contributed by atoms with Crippen molar-refractivity contribution in [1.29, 1.82) is 0 Å². The van der Waals surface area contributed by atoms with Crippen LogP contribution in [0, 0.1) is 6.92 Å². The zero-order valence-electron chi connectivity index (χ0n) is 17.2. The van der Waals surface area contributed by atoms with E-state index in [0.717, 1.165) is 31.0 Å². The molecule has 2 saturated heterocycles. The zero-order valence-corrected chi connectivity index (χ0v) is 17.2. The molecule has 158 valence electrons. The van der Waals surface area contributed by atoms with Crippen molar-refractivity contribution in [2.75, 3.05) is 44.2 Å². The van der Waals surface area contributed by atoms with E-state index in [9.17, 15) is 4.79 Å². The number of piperazine rings is 1. The first-order valence-electron chi connectivity index (χ1n) is 10.6. The highest BCUT2D eigenvalue weighted by Crippen LogP contribution is 2.23. The number of rotatable bonds is 4. The van der Waals surface area contributed by atoms with Crippen LogP contribution in [0.2, 0.25) is 0 Å². The quantitative estimate of drug-likeness (QED) is 0.648. The number of carbonyl (C=O) groups excluding carboxylic acids is 1. The molecule has 5 rings (SSSR count). The van der Waals surface area contributed by atoms with E-state index in [1.807, 2.05) is 28.9 Å². The fourth-order valence-corrected chi connectivity index (χ4v) is 4.23. The molecule has 9 nitrogen and oxygen atoms in total. The average molecular weight is 410 g/mol. The third kappa shape index (κ3) is 3.65. The third-order valence-electron chi connectivity index (χ3n) is 6.01. The van der Waals surface area contributed by atoms with Gasteiger partial charge in [0, 0.05) is 44.5 Å². The van der Waals surface area contributed by atoms with E-state index in [-0.39, 0.29) is 5.91 Å². The third-order valence-corrected chi connectivity index (χ3v) is 6.01. The summed E-state index contributed by atoms with van der Waals surface area (Å²) in [6.45, 7) is 7.22. The lowest BCUT2D eigenvalue weighted by Gasteiger charge is -2.33. The molecule has 3 aromatic rings. The largest absolute Gasteiger partial charge is 0.422 e. The fraction of sp³-hybridized carbons (Fsp3) is 0.524. The Balaban J connectivity index is 1.25. The van der Waals surface area contributed by atoms with E-state index in [1.165, 1.54) is 19.3 Å². The minimum Gasteiger partial charge on any atom is -0.422 e. The number of hydrogen-bond donors (Lipinski definition) is 0. The maximum atomic E-state index is 13.2. The van der Waals surface area contributed by atoms with Crippen molar-refractivity contribution < 1.29 is 13.7 Å². The minimum atomic E-state index is -0.0576. The summed E-state index contributed by atoms with van der Waals surface area (Å²) in [5.74, 6) is 0.680. The smallest absolute Gasteiger partial charge is 0.300 e. The summed E-state index contributed by atoms with van der Waals surface area (Å²) in [5.41, 5.74) is 2.66. The monoisotopic (exact) mass is 410 g/mol. The molecule has 0 aliphatic carbocycles. The Bertz CT molecular complexity index is 997. The second kappa shape index (κ2) is 8.06. The normalized spacial score (nSPS) is 18.3. The second-order valence-electron chi connectivity index (χ2n) is 8.00. The highest BCUT2D eigenvalue weighted by Gasteiger charge is 2.30. The van der Waals surface area contributed by atoms with Crippen LogP contribution in [0.1, 0.15) is 41.1 Å². The molecule has 0 aromatic carbocycles. The molecule has 0 atom stereocenters. The lowest BCUT2D eigenvalue weighted by Crippen LogP contribution is -2.49. The van der Waals surface area contributed by atoms with Gasteiger partial charge < -0.3 is 18.7 Å². The number of piperidine rings is 1. The molecule has 0 N–H and O–H groups in total. The topological polar surface area (TPSA) is 91.7 Å². The first-order chi connectivity index (χ1) is 14.7. The van der Waals surface area contributed by atoms with Crippen molar-refractivity contribution in [3.8, 4) is 0 Å². The van der Waals surface area contributed by atoms with E-state index < -0.39 is 0 Å². The molecule has 0 spiro atoms. The number of anilines is 1. The number of amides is 1. The summed E-state index contributed by atoms with van der Waals surface area (Å²) >= 11 is 0. The van der Waals surface area contributed by atoms with Gasteiger partial charge in [0.25, 0.3) is 11.9 Å². The molecule has 30 heavy (non-hydrogen) atoms. The summed E-state index contributed by atoms with van der Waals surface area (Å²) in [6, 6.07) is 4.24. The van der Waals surface area contributed by atoms with Crippen molar-refractivity contribution in [1.82, 2.24) is 24.9 Å². The van der Waals surface area contributed by atoms with Crippen molar-refractivity contribution in [3.05, 3.63) is 35.3 Å². The lowest BCUT2D eigenvalue weighted by atomic mass is 10.1. The van der Waals surface area contributed by atoms with Crippen LogP contribution in [0.4, 0.5) is 6.01 Å². The summed E-state index contributed by atoms with van der Waals surface area (Å²) in [4.78, 5) is 28.1. The Morgan fingerprint density at radius 3 is 2.67 bits per heavy atom. The summed E-state index contributed by atoms with van der Waals surface area (Å²) in [7, 11) is 0. The van der Waals surface area contributed by atoms with Crippen LogP contribution >= 0.6 is 0 Å². The van der Waals surface area contributed by atoms with Gasteiger partial charge in [-0.05, 0) is 45.0 Å². The average Bonchev–Trinajstić information content (AvgIpc) is 3.38. The summed E-state index contributed by atoms with van der Waals surface area (Å²) in [6.07, 6.45) is 5.40. The first kappa shape index (κ1) is 19.0. The Kier molecular flexibility index (Phi) is 5.12. The van der Waals surface area contributed by atoms with Gasteiger partial charge in [-0.2, -0.15) is 4.98 Å².